The van der Waals surface area contributed by atoms with E-state index in [4.69, 9.17) is 5.73 Å². The summed E-state index contributed by atoms with van der Waals surface area (Å²) in [6.07, 6.45) is -2.70. The van der Waals surface area contributed by atoms with E-state index in [9.17, 15) is 13.6 Å². The molecule has 5 nitrogen and oxygen atoms in total. The van der Waals surface area contributed by atoms with Crippen molar-refractivity contribution in [2.45, 2.75) is 19.4 Å². The fourth-order valence-electron chi connectivity index (χ4n) is 1.48. The van der Waals surface area contributed by atoms with Crippen LogP contribution in [0.3, 0.4) is 0 Å². The maximum Gasteiger partial charge on any atom is 0.291 e. The number of carbonyl (C=O) groups excluding carboxylic acids is 1. The van der Waals surface area contributed by atoms with E-state index in [2.05, 4.69) is 15.5 Å². The first kappa shape index (κ1) is 14.5. The van der Waals surface area contributed by atoms with Crippen LogP contribution in [0.15, 0.2) is 24.3 Å². The number of hydrogen-bond donors (Lipinski definition) is 2. The first-order valence-electron chi connectivity index (χ1n) is 5.72. The van der Waals surface area contributed by atoms with Gasteiger partial charge in [0.05, 0.1) is 0 Å². The molecule has 1 aromatic carbocycles. The molecule has 0 aliphatic rings. The lowest BCUT2D eigenvalue weighted by Gasteiger charge is -2.10. The summed E-state index contributed by atoms with van der Waals surface area (Å²) < 4.78 is 24.7. The molecule has 1 unspecified atom stereocenters. The van der Waals surface area contributed by atoms with Crippen LogP contribution in [0.5, 0.6) is 0 Å². The van der Waals surface area contributed by atoms with Gasteiger partial charge in [0, 0.05) is 0 Å². The van der Waals surface area contributed by atoms with Crippen molar-refractivity contribution in [3.63, 3.8) is 0 Å². The van der Waals surface area contributed by atoms with Gasteiger partial charge < -0.3 is 5.73 Å². The van der Waals surface area contributed by atoms with Crippen molar-refractivity contribution in [3.8, 4) is 0 Å². The molecule has 0 aliphatic carbocycles. The first-order chi connectivity index (χ1) is 9.47. The molecule has 0 fully saturated rings. The minimum atomic E-state index is -2.70. The van der Waals surface area contributed by atoms with Crippen molar-refractivity contribution in [1.29, 1.82) is 0 Å². The summed E-state index contributed by atoms with van der Waals surface area (Å²) in [5.74, 6) is -0.522. The second kappa shape index (κ2) is 6.02. The maximum absolute atomic E-state index is 12.3. The van der Waals surface area contributed by atoms with Gasteiger partial charge in [-0.3, -0.25) is 10.1 Å². The van der Waals surface area contributed by atoms with Crippen LogP contribution in [0.2, 0.25) is 0 Å². The van der Waals surface area contributed by atoms with Gasteiger partial charge in [0.2, 0.25) is 11.0 Å². The molecule has 0 radical (unpaired) electrons. The van der Waals surface area contributed by atoms with Gasteiger partial charge in [-0.15, -0.1) is 10.2 Å². The number of aromatic nitrogens is 2. The fraction of sp³-hybridized carbons (Fsp3) is 0.250. The highest BCUT2D eigenvalue weighted by Crippen LogP contribution is 2.25. The zero-order chi connectivity index (χ0) is 14.7. The molecule has 0 bridgehead atoms. The van der Waals surface area contributed by atoms with Crippen LogP contribution in [0.1, 0.15) is 28.6 Å². The first-order valence-corrected chi connectivity index (χ1v) is 6.53. The Labute approximate surface area is 117 Å². The molecule has 106 valence electrons. The molecule has 0 saturated heterocycles. The third-order valence-corrected chi connectivity index (χ3v) is 3.42. The van der Waals surface area contributed by atoms with Crippen LogP contribution in [-0.4, -0.2) is 16.1 Å². The molecule has 3 N–H and O–H groups in total. The van der Waals surface area contributed by atoms with Crippen LogP contribution >= 0.6 is 11.3 Å². The van der Waals surface area contributed by atoms with Gasteiger partial charge in [0.1, 0.15) is 6.04 Å². The molecule has 1 heterocycles. The molecule has 0 spiro atoms. The van der Waals surface area contributed by atoms with Crippen molar-refractivity contribution in [1.82, 2.24) is 10.2 Å². The molecule has 2 aromatic rings. The van der Waals surface area contributed by atoms with Crippen LogP contribution in [0.4, 0.5) is 13.9 Å². The number of hydrogen-bond acceptors (Lipinski definition) is 5. The largest absolute Gasteiger partial charge is 0.316 e. The lowest BCUT2D eigenvalue weighted by atomic mass is 10.1. The van der Waals surface area contributed by atoms with Crippen LogP contribution < -0.4 is 11.1 Å². The quantitative estimate of drug-likeness (QED) is 0.908. The number of alkyl halides is 2. The minimum absolute atomic E-state index is 0.00728. The Bertz CT molecular complexity index is 600. The predicted octanol–water partition coefficient (Wildman–Crippen LogP) is 2.42. The van der Waals surface area contributed by atoms with Gasteiger partial charge in [-0.2, -0.15) is 0 Å². The topological polar surface area (TPSA) is 80.9 Å². The Kier molecular flexibility index (Phi) is 4.35. The van der Waals surface area contributed by atoms with Crippen LogP contribution in [0.25, 0.3) is 0 Å². The smallest absolute Gasteiger partial charge is 0.291 e. The monoisotopic (exact) mass is 298 g/mol. The molecule has 8 heteroatoms. The summed E-state index contributed by atoms with van der Waals surface area (Å²) in [7, 11) is 0. The average Bonchev–Trinajstić information content (AvgIpc) is 2.87. The summed E-state index contributed by atoms with van der Waals surface area (Å²) in [6.45, 7) is 1.92. The maximum atomic E-state index is 12.3. The van der Waals surface area contributed by atoms with Crippen molar-refractivity contribution in [2.24, 2.45) is 5.73 Å². The van der Waals surface area contributed by atoms with Crippen LogP contribution in [-0.2, 0) is 4.79 Å². The number of nitrogens with one attached hydrogen (secondary N) is 1. The van der Waals surface area contributed by atoms with E-state index < -0.39 is 23.4 Å². The lowest BCUT2D eigenvalue weighted by molar-refractivity contribution is -0.117. The Balaban J connectivity index is 2.05. The fourth-order valence-corrected chi connectivity index (χ4v) is 2.08. The molecule has 1 amide bonds. The van der Waals surface area contributed by atoms with Gasteiger partial charge in [-0.25, -0.2) is 8.78 Å². The number of benzene rings is 1. The summed E-state index contributed by atoms with van der Waals surface area (Å²) >= 11 is 0.625. The lowest BCUT2D eigenvalue weighted by Crippen LogP contribution is -2.27. The highest BCUT2D eigenvalue weighted by Gasteiger charge is 2.19. The molecular weight excluding hydrogens is 286 g/mol. The standard InChI is InChI=1S/C12H12F2N4OS/c1-6-2-4-7(5-3-6)8(15)10(19)16-12-18-17-11(20-12)9(13)14/h2-5,8-9H,15H2,1H3,(H,16,18,19). The molecular formula is C12H12F2N4OS. The predicted molar refractivity (Wildman–Crippen MR) is 71.6 cm³/mol. The van der Waals surface area contributed by atoms with Gasteiger partial charge in [-0.05, 0) is 12.5 Å². The van der Waals surface area contributed by atoms with Crippen molar-refractivity contribution in [2.75, 3.05) is 5.32 Å². The minimum Gasteiger partial charge on any atom is -0.316 e. The van der Waals surface area contributed by atoms with E-state index in [1.807, 2.05) is 19.1 Å². The van der Waals surface area contributed by atoms with Crippen molar-refractivity contribution in [3.05, 3.63) is 40.4 Å². The molecule has 1 atom stereocenters. The highest BCUT2D eigenvalue weighted by atomic mass is 32.1. The number of rotatable bonds is 4. The zero-order valence-electron chi connectivity index (χ0n) is 10.5. The van der Waals surface area contributed by atoms with Crippen molar-refractivity contribution < 1.29 is 13.6 Å². The average molecular weight is 298 g/mol. The molecule has 0 saturated carbocycles. The van der Waals surface area contributed by atoms with E-state index in [0.717, 1.165) is 5.56 Å². The van der Waals surface area contributed by atoms with E-state index in [1.165, 1.54) is 0 Å². The SMILES string of the molecule is Cc1ccc(C(N)C(=O)Nc2nnc(C(F)F)s2)cc1. The zero-order valence-corrected chi connectivity index (χ0v) is 11.3. The second-order valence-corrected chi connectivity index (χ2v) is 5.13. The number of amides is 1. The number of halogens is 2. The van der Waals surface area contributed by atoms with Gasteiger partial charge in [0.15, 0.2) is 5.01 Å². The van der Waals surface area contributed by atoms with E-state index in [-0.39, 0.29) is 5.13 Å². The summed E-state index contributed by atoms with van der Waals surface area (Å²) in [6, 6.07) is 6.26. The highest BCUT2D eigenvalue weighted by molar-refractivity contribution is 7.15. The summed E-state index contributed by atoms with van der Waals surface area (Å²) in [4.78, 5) is 11.9. The van der Waals surface area contributed by atoms with Crippen molar-refractivity contribution >= 4 is 22.4 Å². The number of anilines is 1. The molecule has 1 aromatic heterocycles. The van der Waals surface area contributed by atoms with Gasteiger partial charge >= 0.3 is 0 Å². The molecule has 2 rings (SSSR count). The normalized spacial score (nSPS) is 12.4. The van der Waals surface area contributed by atoms with Crippen LogP contribution in [0, 0.1) is 6.92 Å². The number of aryl methyl sites for hydroxylation is 1. The molecule has 0 aliphatic heterocycles. The number of nitrogens with zero attached hydrogens (tertiary/aromatic N) is 2. The Morgan fingerprint density at radius 3 is 2.50 bits per heavy atom. The summed E-state index contributed by atoms with van der Waals surface area (Å²) in [5, 5.41) is 8.69. The van der Waals surface area contributed by atoms with Gasteiger partial charge in [0.25, 0.3) is 6.43 Å². The number of nitrogens with two attached hydrogens (primary N) is 1. The van der Waals surface area contributed by atoms with E-state index in [1.54, 1.807) is 12.1 Å². The summed E-state index contributed by atoms with van der Waals surface area (Å²) in [5.41, 5.74) is 7.48. The van der Waals surface area contributed by atoms with Gasteiger partial charge in [-0.1, -0.05) is 41.2 Å². The van der Waals surface area contributed by atoms with E-state index in [0.29, 0.717) is 16.9 Å². The second-order valence-electron chi connectivity index (χ2n) is 4.12. The Morgan fingerprint density at radius 1 is 1.30 bits per heavy atom. The molecule has 20 heavy (non-hydrogen) atoms. The Morgan fingerprint density at radius 2 is 1.95 bits per heavy atom. The van der Waals surface area contributed by atoms with E-state index >= 15 is 0 Å². The Hall–Kier alpha value is -1.93. The number of carbonyl (C=O) groups is 1. The third kappa shape index (κ3) is 3.34. The third-order valence-electron chi connectivity index (χ3n) is 2.58.